The van der Waals surface area contributed by atoms with E-state index in [0.29, 0.717) is 6.54 Å². The van der Waals surface area contributed by atoms with Gasteiger partial charge < -0.3 is 20.7 Å². The number of primary amides is 1. The molecule has 6 nitrogen and oxygen atoms in total. The summed E-state index contributed by atoms with van der Waals surface area (Å²) in [5.41, 5.74) is 4.68. The van der Waals surface area contributed by atoms with Gasteiger partial charge in [-0.1, -0.05) is 0 Å². The summed E-state index contributed by atoms with van der Waals surface area (Å²) in [4.78, 5) is 24.7. The summed E-state index contributed by atoms with van der Waals surface area (Å²) in [6.07, 6.45) is 0.516. The number of rotatable bonds is 3. The van der Waals surface area contributed by atoms with Crippen molar-refractivity contribution in [1.29, 1.82) is 0 Å². The molecule has 0 aromatic rings. The van der Waals surface area contributed by atoms with E-state index in [0.717, 1.165) is 6.42 Å². The lowest BCUT2D eigenvalue weighted by molar-refractivity contribution is -0.118. The lowest BCUT2D eigenvalue weighted by atomic mass is 10.1. The van der Waals surface area contributed by atoms with Crippen LogP contribution in [0.2, 0.25) is 0 Å². The number of carbonyl (C=O) groups is 2. The van der Waals surface area contributed by atoms with Crippen molar-refractivity contribution in [2.24, 2.45) is 5.73 Å². The Labute approximate surface area is 108 Å². The minimum atomic E-state index is -0.536. The van der Waals surface area contributed by atoms with Crippen LogP contribution in [0, 0.1) is 0 Å². The van der Waals surface area contributed by atoms with Crippen LogP contribution in [-0.2, 0) is 9.53 Å². The highest BCUT2D eigenvalue weighted by atomic mass is 16.6. The third-order valence-corrected chi connectivity index (χ3v) is 2.89. The summed E-state index contributed by atoms with van der Waals surface area (Å²) < 4.78 is 5.33. The van der Waals surface area contributed by atoms with Crippen molar-refractivity contribution < 1.29 is 14.3 Å². The van der Waals surface area contributed by atoms with Gasteiger partial charge in [0, 0.05) is 25.0 Å². The van der Waals surface area contributed by atoms with Gasteiger partial charge >= 0.3 is 6.09 Å². The maximum absolute atomic E-state index is 12.0. The molecule has 1 rings (SSSR count). The molecule has 1 aliphatic rings. The van der Waals surface area contributed by atoms with E-state index in [1.165, 1.54) is 0 Å². The Bertz CT molecular complexity index is 325. The average molecular weight is 257 g/mol. The number of nitrogens with zero attached hydrogens (tertiary/aromatic N) is 1. The van der Waals surface area contributed by atoms with Crippen LogP contribution in [0.5, 0.6) is 0 Å². The Morgan fingerprint density at radius 3 is 2.50 bits per heavy atom. The molecule has 0 aliphatic carbocycles. The number of nitrogens with two attached hydrogens (primary N) is 1. The lowest BCUT2D eigenvalue weighted by Crippen LogP contribution is -2.42. The molecule has 0 saturated carbocycles. The van der Waals surface area contributed by atoms with Gasteiger partial charge in [0.25, 0.3) is 0 Å². The van der Waals surface area contributed by atoms with Gasteiger partial charge in [-0.05, 0) is 34.2 Å². The number of nitrogens with one attached hydrogen (secondary N) is 1. The van der Waals surface area contributed by atoms with Gasteiger partial charge in [-0.3, -0.25) is 4.79 Å². The van der Waals surface area contributed by atoms with Crippen molar-refractivity contribution in [3.8, 4) is 0 Å². The molecule has 1 fully saturated rings. The Kier molecular flexibility index (Phi) is 4.56. The first-order valence-corrected chi connectivity index (χ1v) is 6.18. The van der Waals surface area contributed by atoms with Crippen LogP contribution in [0.3, 0.4) is 0 Å². The van der Waals surface area contributed by atoms with Crippen LogP contribution in [0.1, 0.15) is 33.6 Å². The van der Waals surface area contributed by atoms with Gasteiger partial charge in [-0.2, -0.15) is 0 Å². The summed E-state index contributed by atoms with van der Waals surface area (Å²) >= 11 is 0. The Hall–Kier alpha value is -1.30. The highest BCUT2D eigenvalue weighted by Gasteiger charge is 2.37. The smallest absolute Gasteiger partial charge is 0.410 e. The second-order valence-corrected chi connectivity index (χ2v) is 5.68. The van der Waals surface area contributed by atoms with Gasteiger partial charge in [0.2, 0.25) is 5.91 Å². The molecule has 104 valence electrons. The zero-order chi connectivity index (χ0) is 13.9. The number of ether oxygens (including phenoxy) is 1. The van der Waals surface area contributed by atoms with E-state index < -0.39 is 11.5 Å². The molecule has 0 bridgehead atoms. The van der Waals surface area contributed by atoms with Gasteiger partial charge in [0.1, 0.15) is 5.60 Å². The van der Waals surface area contributed by atoms with E-state index in [1.54, 1.807) is 4.90 Å². The molecule has 2 atom stereocenters. The number of carbonyl (C=O) groups excluding carboxylic acids is 2. The molecule has 18 heavy (non-hydrogen) atoms. The minimum Gasteiger partial charge on any atom is -0.444 e. The zero-order valence-corrected chi connectivity index (χ0v) is 11.5. The first kappa shape index (κ1) is 14.8. The monoisotopic (exact) mass is 257 g/mol. The Morgan fingerprint density at radius 1 is 1.44 bits per heavy atom. The second kappa shape index (κ2) is 5.56. The number of amides is 2. The fourth-order valence-electron chi connectivity index (χ4n) is 2.10. The van der Waals surface area contributed by atoms with Crippen molar-refractivity contribution >= 4 is 12.0 Å². The fraction of sp³-hybridized carbons (Fsp3) is 0.833. The molecule has 1 aliphatic heterocycles. The van der Waals surface area contributed by atoms with E-state index in [2.05, 4.69) is 5.32 Å². The van der Waals surface area contributed by atoms with E-state index >= 15 is 0 Å². The fourth-order valence-corrected chi connectivity index (χ4v) is 2.10. The van der Waals surface area contributed by atoms with Gasteiger partial charge in [0.15, 0.2) is 0 Å². The summed E-state index contributed by atoms with van der Waals surface area (Å²) in [6.45, 7) is 6.00. The molecule has 0 unspecified atom stereocenters. The highest BCUT2D eigenvalue weighted by Crippen LogP contribution is 2.23. The molecule has 6 heteroatoms. The molecule has 1 heterocycles. The average Bonchev–Trinajstić information content (AvgIpc) is 2.57. The molecule has 0 spiro atoms. The standard InChI is InChI=1S/C12H23N3O3/c1-12(2,3)18-11(17)15-7-8(14-4)5-9(15)6-10(13)16/h8-9,14H,5-7H2,1-4H3,(H2,13,16)/t8-,9+/m1/s1. The highest BCUT2D eigenvalue weighted by molar-refractivity contribution is 5.76. The molecule has 2 amide bonds. The quantitative estimate of drug-likeness (QED) is 0.769. The Balaban J connectivity index is 2.70. The predicted octanol–water partition coefficient (Wildman–Crippen LogP) is 0.459. The zero-order valence-electron chi connectivity index (χ0n) is 11.5. The topological polar surface area (TPSA) is 84.7 Å². The van der Waals surface area contributed by atoms with E-state index in [-0.39, 0.29) is 24.6 Å². The summed E-state index contributed by atoms with van der Waals surface area (Å²) in [6, 6.07) is 0.0108. The van der Waals surface area contributed by atoms with Gasteiger partial charge in [-0.15, -0.1) is 0 Å². The SMILES string of the molecule is CN[C@@H]1C[C@@H](CC(N)=O)N(C(=O)OC(C)(C)C)C1. The maximum Gasteiger partial charge on any atom is 0.410 e. The van der Waals surface area contributed by atoms with Gasteiger partial charge in [-0.25, -0.2) is 4.79 Å². The van der Waals surface area contributed by atoms with Crippen LogP contribution in [-0.4, -0.2) is 48.2 Å². The van der Waals surface area contributed by atoms with Crippen LogP contribution >= 0.6 is 0 Å². The normalized spacial score (nSPS) is 24.1. The first-order valence-electron chi connectivity index (χ1n) is 6.18. The summed E-state index contributed by atoms with van der Waals surface area (Å²) in [5.74, 6) is -0.398. The number of likely N-dealkylation sites (tertiary alicyclic amines) is 1. The molecule has 0 aromatic heterocycles. The van der Waals surface area contributed by atoms with Crippen molar-refractivity contribution in [2.75, 3.05) is 13.6 Å². The van der Waals surface area contributed by atoms with Crippen molar-refractivity contribution in [3.05, 3.63) is 0 Å². The molecule has 0 radical (unpaired) electrons. The lowest BCUT2D eigenvalue weighted by Gasteiger charge is -2.28. The number of likely N-dealkylation sites (N-methyl/N-ethyl adjacent to an activating group) is 1. The van der Waals surface area contributed by atoms with Crippen LogP contribution in [0.25, 0.3) is 0 Å². The Morgan fingerprint density at radius 2 is 2.06 bits per heavy atom. The molecule has 1 saturated heterocycles. The van der Waals surface area contributed by atoms with E-state index in [9.17, 15) is 9.59 Å². The van der Waals surface area contributed by atoms with Crippen molar-refractivity contribution in [3.63, 3.8) is 0 Å². The molecular weight excluding hydrogens is 234 g/mol. The van der Waals surface area contributed by atoms with Crippen molar-refractivity contribution in [1.82, 2.24) is 10.2 Å². The molecular formula is C12H23N3O3. The number of hydrogen-bond donors (Lipinski definition) is 2. The predicted molar refractivity (Wildman–Crippen MR) is 68.0 cm³/mol. The molecule has 3 N–H and O–H groups in total. The summed E-state index contributed by atoms with van der Waals surface area (Å²) in [7, 11) is 1.84. The van der Waals surface area contributed by atoms with E-state index in [1.807, 2.05) is 27.8 Å². The summed E-state index contributed by atoms with van der Waals surface area (Å²) in [5, 5.41) is 3.11. The molecule has 0 aromatic carbocycles. The second-order valence-electron chi connectivity index (χ2n) is 5.68. The first-order chi connectivity index (χ1) is 8.23. The number of hydrogen-bond acceptors (Lipinski definition) is 4. The third-order valence-electron chi connectivity index (χ3n) is 2.89. The minimum absolute atomic E-state index is 0.171. The van der Waals surface area contributed by atoms with Crippen LogP contribution < -0.4 is 11.1 Å². The van der Waals surface area contributed by atoms with Crippen LogP contribution in [0.4, 0.5) is 4.79 Å². The maximum atomic E-state index is 12.0. The third kappa shape index (κ3) is 4.18. The van der Waals surface area contributed by atoms with Crippen molar-refractivity contribution in [2.45, 2.75) is 51.3 Å². The van der Waals surface area contributed by atoms with Gasteiger partial charge in [0.05, 0.1) is 0 Å². The van der Waals surface area contributed by atoms with E-state index in [4.69, 9.17) is 10.5 Å². The van der Waals surface area contributed by atoms with Crippen LogP contribution in [0.15, 0.2) is 0 Å². The largest absolute Gasteiger partial charge is 0.444 e.